The average molecular weight is 654 g/mol. The van der Waals surface area contributed by atoms with E-state index in [-0.39, 0.29) is 48.8 Å². The second-order valence-corrected chi connectivity index (χ2v) is 12.5. The fourth-order valence-corrected chi connectivity index (χ4v) is 6.93. The average Bonchev–Trinajstić information content (AvgIpc) is 3.32. The number of aromatic amines is 1. The smallest absolute Gasteiger partial charge is 0.294 e. The van der Waals surface area contributed by atoms with Crippen LogP contribution in [0.3, 0.4) is 0 Å². The predicted molar refractivity (Wildman–Crippen MR) is 156 cm³/mol. The molecule has 3 aromatic rings. The minimum atomic E-state index is -4.07. The van der Waals surface area contributed by atoms with Crippen molar-refractivity contribution >= 4 is 15.5 Å². The van der Waals surface area contributed by atoms with Gasteiger partial charge < -0.3 is 24.5 Å². The van der Waals surface area contributed by atoms with Crippen molar-refractivity contribution < 1.29 is 38.1 Å². The number of aryl methyl sites for hydroxylation is 2. The van der Waals surface area contributed by atoms with Gasteiger partial charge in [-0.1, -0.05) is 6.92 Å². The normalized spacial score (nSPS) is 15.3. The molecule has 1 saturated heterocycles. The van der Waals surface area contributed by atoms with E-state index >= 15 is 0 Å². The van der Waals surface area contributed by atoms with Gasteiger partial charge in [0.05, 0.1) is 28.9 Å². The van der Waals surface area contributed by atoms with Gasteiger partial charge in [0.1, 0.15) is 24.8 Å². The van der Waals surface area contributed by atoms with Crippen LogP contribution < -0.4 is 10.3 Å². The number of sulfonamides is 1. The number of H-pyrrole nitrogens is 1. The summed E-state index contributed by atoms with van der Waals surface area (Å²) in [5.74, 6) is -0.605. The maximum Gasteiger partial charge on any atom is 0.294 e. The Kier molecular flexibility index (Phi) is 10.6. The van der Waals surface area contributed by atoms with Gasteiger partial charge in [0.2, 0.25) is 10.0 Å². The van der Waals surface area contributed by atoms with Crippen LogP contribution >= 0.6 is 0 Å². The number of benzene rings is 1. The highest BCUT2D eigenvalue weighted by Gasteiger charge is 2.36. The van der Waals surface area contributed by atoms with Crippen LogP contribution in [0, 0.1) is 39.0 Å². The van der Waals surface area contributed by atoms with Gasteiger partial charge in [-0.3, -0.25) is 4.79 Å². The topological polar surface area (TPSA) is 235 Å². The van der Waals surface area contributed by atoms with Crippen molar-refractivity contribution in [2.24, 2.45) is 11.8 Å². The van der Waals surface area contributed by atoms with Crippen molar-refractivity contribution in [2.45, 2.75) is 57.5 Å². The molecule has 1 aliphatic heterocycles. The van der Waals surface area contributed by atoms with Crippen molar-refractivity contribution in [3.63, 3.8) is 0 Å². The molecule has 1 atom stereocenters. The maximum atomic E-state index is 13.8. The fraction of sp³-hybridized carbons (Fsp3) is 0.577. The van der Waals surface area contributed by atoms with Crippen molar-refractivity contribution in [1.82, 2.24) is 23.9 Å². The Bertz CT molecular complexity index is 1680. The minimum absolute atomic E-state index is 0.00123. The van der Waals surface area contributed by atoms with E-state index in [1.54, 1.807) is 13.8 Å². The predicted octanol–water partition coefficient (Wildman–Crippen LogP) is 1.54. The first-order valence-electron chi connectivity index (χ1n) is 14.4. The number of piperidine rings is 1. The molecule has 45 heavy (non-hydrogen) atoms. The molecule has 0 radical (unpaired) electrons. The number of hydrogen-bond donors (Lipinski definition) is 2. The Morgan fingerprint density at radius 3 is 2.36 bits per heavy atom. The molecule has 0 bridgehead atoms. The van der Waals surface area contributed by atoms with Gasteiger partial charge in [-0.2, -0.15) is 4.31 Å². The molecular weight excluding hydrogens is 618 g/mol. The molecule has 2 N–H and O–H groups in total. The molecule has 0 saturated carbocycles. The molecule has 1 aromatic carbocycles. The van der Waals surface area contributed by atoms with Gasteiger partial charge in [0, 0.05) is 25.4 Å². The maximum absolute atomic E-state index is 13.8. The molecule has 246 valence electrons. The third kappa shape index (κ3) is 7.48. The van der Waals surface area contributed by atoms with Crippen molar-refractivity contribution in [3.05, 3.63) is 60.3 Å². The Labute approximate surface area is 257 Å². The molecule has 0 amide bonds. The highest BCUT2D eigenvalue weighted by atomic mass is 32.2. The Morgan fingerprint density at radius 1 is 1.13 bits per heavy atom. The monoisotopic (exact) mass is 653 g/mol. The van der Waals surface area contributed by atoms with E-state index in [1.807, 2.05) is 6.92 Å². The highest BCUT2D eigenvalue weighted by Crippen LogP contribution is 2.33. The zero-order valence-electron chi connectivity index (χ0n) is 24.9. The summed E-state index contributed by atoms with van der Waals surface area (Å²) in [5, 5.41) is 34.6. The van der Waals surface area contributed by atoms with E-state index in [2.05, 4.69) is 24.7 Å². The minimum Gasteiger partial charge on any atom is -0.493 e. The Balaban J connectivity index is 1.59. The summed E-state index contributed by atoms with van der Waals surface area (Å²) < 4.78 is 36.0. The molecule has 19 heteroatoms. The quantitative estimate of drug-likeness (QED) is 0.175. The van der Waals surface area contributed by atoms with Crippen LogP contribution in [-0.4, -0.2) is 86.6 Å². The van der Waals surface area contributed by atoms with Crippen LogP contribution in [0.15, 0.2) is 27.9 Å². The summed E-state index contributed by atoms with van der Waals surface area (Å²) in [6, 6.07) is 4.27. The lowest BCUT2D eigenvalue weighted by Crippen LogP contribution is -2.44. The molecular formula is C26H35N7O11S. The van der Waals surface area contributed by atoms with E-state index in [0.717, 1.165) is 6.42 Å². The number of nitrogens with zero attached hydrogens (tertiary/aromatic N) is 6. The molecule has 1 fully saturated rings. The first kappa shape index (κ1) is 33.5. The van der Waals surface area contributed by atoms with Crippen LogP contribution in [0.4, 0.5) is 0 Å². The SMILES string of the molecule is CCCc1nc(C)c2c(=O)[nH]c(-c3cc(S(=O)(=O)N4CCC(C(O)C(CO[N+](=O)[O-])CO[N+](=O)[O-])CC4)ccc3OCC)nn12. The van der Waals surface area contributed by atoms with Crippen molar-refractivity contribution in [2.75, 3.05) is 32.9 Å². The number of imidazole rings is 1. The van der Waals surface area contributed by atoms with Crippen LogP contribution in [0.1, 0.15) is 44.6 Å². The van der Waals surface area contributed by atoms with Gasteiger partial charge in [-0.25, -0.2) is 17.9 Å². The number of ether oxygens (including phenoxy) is 1. The molecule has 1 unspecified atom stereocenters. The van der Waals surface area contributed by atoms with Crippen LogP contribution in [-0.2, 0) is 26.1 Å². The van der Waals surface area contributed by atoms with Crippen molar-refractivity contribution in [3.8, 4) is 17.1 Å². The summed E-state index contributed by atoms with van der Waals surface area (Å²) in [6.07, 6.45) is 0.407. The number of fused-ring (bicyclic) bond motifs is 1. The number of aliphatic hydroxyl groups excluding tert-OH is 1. The van der Waals surface area contributed by atoms with E-state index in [1.165, 1.54) is 27.0 Å². The van der Waals surface area contributed by atoms with Gasteiger partial charge >= 0.3 is 0 Å². The summed E-state index contributed by atoms with van der Waals surface area (Å²) in [7, 11) is -4.07. The molecule has 3 heterocycles. The molecule has 0 spiro atoms. The summed E-state index contributed by atoms with van der Waals surface area (Å²) in [4.78, 5) is 50.1. The van der Waals surface area contributed by atoms with Crippen molar-refractivity contribution in [1.29, 1.82) is 0 Å². The number of rotatable bonds is 15. The van der Waals surface area contributed by atoms with Crippen LogP contribution in [0.25, 0.3) is 16.9 Å². The van der Waals surface area contributed by atoms with Gasteiger partial charge in [0.15, 0.2) is 11.3 Å². The third-order valence-electron chi connectivity index (χ3n) is 7.61. The Hall–Kier alpha value is -4.36. The lowest BCUT2D eigenvalue weighted by Gasteiger charge is -2.36. The van der Waals surface area contributed by atoms with E-state index in [0.29, 0.717) is 29.2 Å². The summed E-state index contributed by atoms with van der Waals surface area (Å²) >= 11 is 0. The lowest BCUT2D eigenvalue weighted by molar-refractivity contribution is -0.769. The standard InChI is InChI=1S/C26H35N7O11S/c1-4-6-22-27-16(3)23-26(35)28-25(29-31(22)23)20-13-19(7-8-21(20)42-5-2)45(40,41)30-11-9-17(10-12-30)24(34)18(14-43-32(36)37)15-44-33(38)39/h7-8,13,17-18,24,34H,4-6,9-12,14-15H2,1-3H3,(H,28,29,35). The summed E-state index contributed by atoms with van der Waals surface area (Å²) in [6.45, 7) is 4.47. The molecule has 18 nitrogen and oxygen atoms in total. The first-order valence-corrected chi connectivity index (χ1v) is 15.8. The lowest BCUT2D eigenvalue weighted by atomic mass is 9.85. The summed E-state index contributed by atoms with van der Waals surface area (Å²) in [5.41, 5.74) is 0.645. The van der Waals surface area contributed by atoms with Gasteiger partial charge in [-0.05, 0) is 57.2 Å². The largest absolute Gasteiger partial charge is 0.493 e. The van der Waals surface area contributed by atoms with Gasteiger partial charge in [0.25, 0.3) is 15.7 Å². The van der Waals surface area contributed by atoms with Crippen LogP contribution in [0.5, 0.6) is 5.75 Å². The van der Waals surface area contributed by atoms with Gasteiger partial charge in [-0.15, -0.1) is 25.3 Å². The highest BCUT2D eigenvalue weighted by molar-refractivity contribution is 7.89. The number of hydrogen-bond acceptors (Lipinski definition) is 13. The molecule has 2 aromatic heterocycles. The van der Waals surface area contributed by atoms with Crippen LogP contribution in [0.2, 0.25) is 0 Å². The Morgan fingerprint density at radius 2 is 1.78 bits per heavy atom. The zero-order valence-corrected chi connectivity index (χ0v) is 25.8. The molecule has 4 rings (SSSR count). The zero-order chi connectivity index (χ0) is 32.9. The molecule has 1 aliphatic rings. The second-order valence-electron chi connectivity index (χ2n) is 10.5. The number of nitrogens with one attached hydrogen (secondary N) is 1. The van der Waals surface area contributed by atoms with E-state index in [4.69, 9.17) is 4.74 Å². The number of aliphatic hydroxyl groups is 1. The second kappa shape index (κ2) is 14.2. The molecule has 0 aliphatic carbocycles. The fourth-order valence-electron chi connectivity index (χ4n) is 5.43. The first-order chi connectivity index (χ1) is 21.4. The third-order valence-corrected chi connectivity index (χ3v) is 9.51. The van der Waals surface area contributed by atoms with E-state index < -0.39 is 56.9 Å². The number of aromatic nitrogens is 4. The van der Waals surface area contributed by atoms with E-state index in [9.17, 15) is 38.5 Å².